The van der Waals surface area contributed by atoms with Crippen LogP contribution in [0.2, 0.25) is 0 Å². The number of carbonyl (C=O) groups is 4. The number of Topliss-reactive ketones (excluding diaryl/α,β-unsaturated/α-hetero) is 1. The van der Waals surface area contributed by atoms with E-state index in [4.69, 9.17) is 4.74 Å². The molecule has 0 radical (unpaired) electrons. The number of methoxy groups -OCH3 is 1. The summed E-state index contributed by atoms with van der Waals surface area (Å²) < 4.78 is 43.6. The Bertz CT molecular complexity index is 1060. The van der Waals surface area contributed by atoms with Crippen LogP contribution in [0.1, 0.15) is 56.3 Å². The van der Waals surface area contributed by atoms with Gasteiger partial charge in [-0.1, -0.05) is 13.8 Å². The van der Waals surface area contributed by atoms with E-state index >= 15 is 0 Å². The number of hydrogen-bond acceptors (Lipinski definition) is 7. The second kappa shape index (κ2) is 12.3. The Morgan fingerprint density at radius 1 is 1.11 bits per heavy atom. The lowest BCUT2D eigenvalue weighted by Gasteiger charge is -2.38. The van der Waals surface area contributed by atoms with Crippen molar-refractivity contribution in [3.05, 3.63) is 41.6 Å². The Kier molecular flexibility index (Phi) is 9.40. The highest BCUT2D eigenvalue weighted by atomic mass is 19.4. The van der Waals surface area contributed by atoms with Gasteiger partial charge in [0.2, 0.25) is 11.8 Å². The minimum atomic E-state index is -5.20. The fraction of sp³-hybridized carbons (Fsp3) is 0.538. The minimum Gasteiger partial charge on any atom is -0.497 e. The first-order valence-electron chi connectivity index (χ1n) is 12.5. The number of benzene rings is 1. The molecule has 38 heavy (non-hydrogen) atoms. The van der Waals surface area contributed by atoms with Gasteiger partial charge in [0.1, 0.15) is 11.9 Å². The van der Waals surface area contributed by atoms with E-state index in [2.05, 4.69) is 10.2 Å². The summed E-state index contributed by atoms with van der Waals surface area (Å²) in [4.78, 5) is 55.4. The molecule has 208 valence electrons. The molecule has 9 nitrogen and oxygen atoms in total. The molecule has 0 spiro atoms. The monoisotopic (exact) mass is 539 g/mol. The Morgan fingerprint density at radius 2 is 1.74 bits per heavy atom. The summed E-state index contributed by atoms with van der Waals surface area (Å²) in [6.07, 6.45) is -3.70. The third-order valence-electron chi connectivity index (χ3n) is 6.59. The first-order valence-corrected chi connectivity index (χ1v) is 12.5. The molecule has 1 N–H and O–H groups in total. The SMILES string of the molecule is COc1ccc(C(=O)C2CCN(C(=O)CCCC3NC(=O)C=C(C(C)C)N3OC(=O)C(F)(F)F)CC2)cc1. The molecule has 0 saturated carbocycles. The summed E-state index contributed by atoms with van der Waals surface area (Å²) in [7, 11) is 1.55. The van der Waals surface area contributed by atoms with E-state index < -0.39 is 30.1 Å². The van der Waals surface area contributed by atoms with Crippen LogP contribution in [0.25, 0.3) is 0 Å². The number of ether oxygens (including phenoxy) is 1. The lowest BCUT2D eigenvalue weighted by Crippen LogP contribution is -2.53. The van der Waals surface area contributed by atoms with Crippen LogP contribution in [0.4, 0.5) is 13.2 Å². The van der Waals surface area contributed by atoms with Gasteiger partial charge >= 0.3 is 12.1 Å². The molecule has 2 aliphatic heterocycles. The van der Waals surface area contributed by atoms with Crippen LogP contribution < -0.4 is 10.1 Å². The van der Waals surface area contributed by atoms with Gasteiger partial charge in [-0.3, -0.25) is 14.4 Å². The van der Waals surface area contributed by atoms with Crippen molar-refractivity contribution in [2.24, 2.45) is 11.8 Å². The van der Waals surface area contributed by atoms with E-state index in [-0.39, 0.29) is 42.6 Å². The van der Waals surface area contributed by atoms with E-state index in [0.29, 0.717) is 37.2 Å². The molecule has 0 bridgehead atoms. The van der Waals surface area contributed by atoms with Crippen molar-refractivity contribution in [3.8, 4) is 5.75 Å². The molecular weight excluding hydrogens is 507 g/mol. The number of nitrogens with zero attached hydrogens (tertiary/aromatic N) is 2. The molecule has 2 heterocycles. The van der Waals surface area contributed by atoms with E-state index in [1.165, 1.54) is 0 Å². The zero-order valence-corrected chi connectivity index (χ0v) is 21.5. The van der Waals surface area contributed by atoms with Crippen molar-refractivity contribution in [2.75, 3.05) is 20.2 Å². The second-order valence-electron chi connectivity index (χ2n) is 9.59. The topological polar surface area (TPSA) is 105 Å². The number of alkyl halides is 3. The third kappa shape index (κ3) is 7.26. The predicted molar refractivity (Wildman–Crippen MR) is 129 cm³/mol. The molecule has 0 aliphatic carbocycles. The molecule has 1 fully saturated rings. The van der Waals surface area contributed by atoms with Gasteiger partial charge in [0.25, 0.3) is 0 Å². The summed E-state index contributed by atoms with van der Waals surface area (Å²) in [5, 5.41) is 3.28. The van der Waals surface area contributed by atoms with Crippen molar-refractivity contribution in [1.82, 2.24) is 15.3 Å². The molecule has 2 aliphatic rings. The molecule has 1 saturated heterocycles. The van der Waals surface area contributed by atoms with Crippen molar-refractivity contribution in [2.45, 2.75) is 58.3 Å². The first kappa shape index (κ1) is 29.0. The molecule has 1 aromatic rings. The van der Waals surface area contributed by atoms with Crippen LogP contribution in [0, 0.1) is 11.8 Å². The fourth-order valence-corrected chi connectivity index (χ4v) is 4.50. The second-order valence-corrected chi connectivity index (χ2v) is 9.59. The first-order chi connectivity index (χ1) is 17.9. The van der Waals surface area contributed by atoms with Crippen LogP contribution >= 0.6 is 0 Å². The van der Waals surface area contributed by atoms with Crippen molar-refractivity contribution in [3.63, 3.8) is 0 Å². The number of halogens is 3. The number of hydroxylamine groups is 2. The molecule has 2 amide bonds. The van der Waals surface area contributed by atoms with Crippen LogP contribution in [-0.2, 0) is 19.2 Å². The summed E-state index contributed by atoms with van der Waals surface area (Å²) in [6, 6.07) is 6.90. The summed E-state index contributed by atoms with van der Waals surface area (Å²) in [5.41, 5.74) is 0.724. The van der Waals surface area contributed by atoms with Gasteiger partial charge < -0.3 is 19.8 Å². The molecule has 3 rings (SSSR count). The number of nitrogens with one attached hydrogen (secondary N) is 1. The predicted octanol–water partition coefficient (Wildman–Crippen LogP) is 3.61. The van der Waals surface area contributed by atoms with Crippen LogP contribution in [-0.4, -0.2) is 66.1 Å². The zero-order chi connectivity index (χ0) is 28.0. The maximum absolute atomic E-state index is 12.8. The standard InChI is InChI=1S/C26H32F3N3O6/c1-16(2)20-15-22(33)30-21(32(20)38-25(36)26(27,28)29)5-4-6-23(34)31-13-11-18(12-14-31)24(35)17-7-9-19(37-3)10-8-17/h7-10,15-16,18,21H,4-6,11-14H2,1-3H3,(H,30,33). The number of ketones is 1. The highest BCUT2D eigenvalue weighted by molar-refractivity contribution is 5.98. The van der Waals surface area contributed by atoms with Gasteiger partial charge in [-0.25, -0.2) is 4.79 Å². The van der Waals surface area contributed by atoms with Crippen molar-refractivity contribution < 1.29 is 41.9 Å². The largest absolute Gasteiger partial charge is 0.497 e. The smallest absolute Gasteiger partial charge is 0.493 e. The third-order valence-corrected chi connectivity index (χ3v) is 6.59. The lowest BCUT2D eigenvalue weighted by molar-refractivity contribution is -0.242. The van der Waals surface area contributed by atoms with Crippen LogP contribution in [0.5, 0.6) is 5.75 Å². The van der Waals surface area contributed by atoms with E-state index in [1.807, 2.05) is 0 Å². The molecule has 1 unspecified atom stereocenters. The number of piperidine rings is 1. The molecule has 12 heteroatoms. The van der Waals surface area contributed by atoms with E-state index in [0.717, 1.165) is 11.1 Å². The lowest BCUT2D eigenvalue weighted by atomic mass is 9.88. The summed E-state index contributed by atoms with van der Waals surface area (Å²) in [5.74, 6) is -2.97. The number of hydrogen-bond donors (Lipinski definition) is 1. The number of amides is 2. The van der Waals surface area contributed by atoms with Gasteiger partial charge in [-0.2, -0.15) is 18.2 Å². The Morgan fingerprint density at radius 3 is 2.29 bits per heavy atom. The van der Waals surface area contributed by atoms with E-state index in [9.17, 15) is 32.3 Å². The van der Waals surface area contributed by atoms with Gasteiger partial charge in [0.15, 0.2) is 5.78 Å². The maximum atomic E-state index is 12.8. The quantitative estimate of drug-likeness (QED) is 0.478. The van der Waals surface area contributed by atoms with Crippen molar-refractivity contribution >= 4 is 23.6 Å². The van der Waals surface area contributed by atoms with Gasteiger partial charge in [0.05, 0.1) is 12.8 Å². The highest BCUT2D eigenvalue weighted by Gasteiger charge is 2.45. The molecular formula is C26H32F3N3O6. The average Bonchev–Trinajstić information content (AvgIpc) is 2.88. The Labute approximate surface area is 218 Å². The number of allylic oxidation sites excluding steroid dienone is 1. The van der Waals surface area contributed by atoms with Crippen LogP contribution in [0.3, 0.4) is 0 Å². The normalized spacial score (nSPS) is 18.7. The fourth-order valence-electron chi connectivity index (χ4n) is 4.50. The number of rotatable bonds is 9. The van der Waals surface area contributed by atoms with Crippen molar-refractivity contribution in [1.29, 1.82) is 0 Å². The zero-order valence-electron chi connectivity index (χ0n) is 21.5. The van der Waals surface area contributed by atoms with E-state index in [1.54, 1.807) is 50.1 Å². The average molecular weight is 540 g/mol. The molecule has 1 atom stereocenters. The van der Waals surface area contributed by atoms with Gasteiger partial charge in [-0.15, -0.1) is 0 Å². The number of likely N-dealkylation sites (tertiary alicyclic amines) is 1. The van der Waals surface area contributed by atoms with Gasteiger partial charge in [-0.05, 0) is 55.9 Å². The Hall–Kier alpha value is -3.57. The minimum absolute atomic E-state index is 0.0234. The highest BCUT2D eigenvalue weighted by Crippen LogP contribution is 2.28. The summed E-state index contributed by atoms with van der Waals surface area (Å²) in [6.45, 7) is 4.15. The number of carbonyl (C=O) groups excluding carboxylic acids is 4. The summed E-state index contributed by atoms with van der Waals surface area (Å²) >= 11 is 0. The molecule has 1 aromatic carbocycles. The maximum Gasteiger partial charge on any atom is 0.493 e. The molecule has 0 aromatic heterocycles. The van der Waals surface area contributed by atoms with Gasteiger partial charge in [0, 0.05) is 37.1 Å². The Balaban J connectivity index is 1.52. The van der Waals surface area contributed by atoms with Crippen LogP contribution in [0.15, 0.2) is 36.0 Å².